The lowest BCUT2D eigenvalue weighted by Gasteiger charge is -2.36. The molecule has 0 spiro atoms. The molecule has 0 unspecified atom stereocenters. The average molecular weight is 309 g/mol. The Hall–Kier alpha value is -1.70. The van der Waals surface area contributed by atoms with Crippen molar-refractivity contribution in [2.45, 2.75) is 29.8 Å². The fraction of sp³-hybridized carbons (Fsp3) is 0.357. The normalized spacial score (nSPS) is 17.6. The number of sulfonamides is 1. The standard InChI is InChI=1S/C14H15NO5S/c16-13-5-2-10-8-11(3-4-12(10)20-13)21(18,19)15-9-14(17)6-1-7-14/h2-5,8,15,17H,1,6-7,9H2. The summed E-state index contributed by atoms with van der Waals surface area (Å²) in [6.45, 7) is 0.0112. The second-order valence-electron chi connectivity index (χ2n) is 5.36. The molecule has 1 aromatic carbocycles. The highest BCUT2D eigenvalue weighted by atomic mass is 32.2. The molecule has 1 aliphatic carbocycles. The smallest absolute Gasteiger partial charge is 0.336 e. The summed E-state index contributed by atoms with van der Waals surface area (Å²) >= 11 is 0. The molecule has 2 aromatic rings. The van der Waals surface area contributed by atoms with E-state index >= 15 is 0 Å². The van der Waals surface area contributed by atoms with E-state index in [-0.39, 0.29) is 11.4 Å². The van der Waals surface area contributed by atoms with Gasteiger partial charge in [-0.05, 0) is 43.5 Å². The molecule has 3 rings (SSSR count). The highest BCUT2D eigenvalue weighted by Gasteiger charge is 2.35. The van der Waals surface area contributed by atoms with Crippen LogP contribution < -0.4 is 10.3 Å². The first-order valence-electron chi connectivity index (χ1n) is 6.64. The Bertz CT molecular complexity index is 836. The lowest BCUT2D eigenvalue weighted by atomic mass is 9.81. The third-order valence-corrected chi connectivity index (χ3v) is 5.18. The summed E-state index contributed by atoms with van der Waals surface area (Å²) in [5, 5.41) is 10.5. The van der Waals surface area contributed by atoms with Crippen molar-refractivity contribution in [2.24, 2.45) is 0 Å². The first kappa shape index (κ1) is 14.2. The Morgan fingerprint density at radius 2 is 2.00 bits per heavy atom. The molecule has 0 bridgehead atoms. The van der Waals surface area contributed by atoms with Crippen LogP contribution in [0.25, 0.3) is 11.0 Å². The van der Waals surface area contributed by atoms with Crippen LogP contribution in [0.15, 0.2) is 44.4 Å². The molecule has 1 fully saturated rings. The van der Waals surface area contributed by atoms with Crippen LogP contribution >= 0.6 is 0 Å². The lowest BCUT2D eigenvalue weighted by Crippen LogP contribution is -2.47. The molecule has 1 aromatic heterocycles. The van der Waals surface area contributed by atoms with Crippen molar-refractivity contribution in [1.29, 1.82) is 0 Å². The van der Waals surface area contributed by atoms with Crippen molar-refractivity contribution >= 4 is 21.0 Å². The highest BCUT2D eigenvalue weighted by Crippen LogP contribution is 2.31. The minimum absolute atomic E-state index is 0.0112. The van der Waals surface area contributed by atoms with Gasteiger partial charge in [-0.15, -0.1) is 0 Å². The zero-order chi connectivity index (χ0) is 15.1. The first-order chi connectivity index (χ1) is 9.88. The zero-order valence-corrected chi connectivity index (χ0v) is 12.0. The molecule has 21 heavy (non-hydrogen) atoms. The van der Waals surface area contributed by atoms with Crippen LogP contribution in [-0.2, 0) is 10.0 Å². The molecule has 7 heteroatoms. The highest BCUT2D eigenvalue weighted by molar-refractivity contribution is 7.89. The van der Waals surface area contributed by atoms with E-state index in [0.29, 0.717) is 23.8 Å². The topological polar surface area (TPSA) is 96.6 Å². The van der Waals surface area contributed by atoms with Crippen molar-refractivity contribution in [2.75, 3.05) is 6.54 Å². The van der Waals surface area contributed by atoms with Crippen molar-refractivity contribution < 1.29 is 17.9 Å². The fourth-order valence-electron chi connectivity index (χ4n) is 2.29. The zero-order valence-electron chi connectivity index (χ0n) is 11.2. The van der Waals surface area contributed by atoms with Gasteiger partial charge in [0.1, 0.15) is 5.58 Å². The Kier molecular flexibility index (Phi) is 3.35. The largest absolute Gasteiger partial charge is 0.423 e. The Labute approximate surface area is 121 Å². The lowest BCUT2D eigenvalue weighted by molar-refractivity contribution is -0.0270. The van der Waals surface area contributed by atoms with Crippen molar-refractivity contribution in [3.63, 3.8) is 0 Å². The second kappa shape index (κ2) is 4.94. The molecule has 0 atom stereocenters. The van der Waals surface area contributed by atoms with Gasteiger partial charge in [0.2, 0.25) is 10.0 Å². The van der Waals surface area contributed by atoms with E-state index in [1.165, 1.54) is 30.3 Å². The molecule has 112 valence electrons. The van der Waals surface area contributed by atoms with Gasteiger partial charge in [-0.25, -0.2) is 17.9 Å². The summed E-state index contributed by atoms with van der Waals surface area (Å²) in [4.78, 5) is 11.2. The third-order valence-electron chi connectivity index (χ3n) is 3.78. The van der Waals surface area contributed by atoms with Gasteiger partial charge in [-0.2, -0.15) is 0 Å². The maximum Gasteiger partial charge on any atom is 0.336 e. The van der Waals surface area contributed by atoms with E-state index in [0.717, 1.165) is 6.42 Å². The van der Waals surface area contributed by atoms with Crippen LogP contribution in [0.1, 0.15) is 19.3 Å². The quantitative estimate of drug-likeness (QED) is 0.821. The summed E-state index contributed by atoms with van der Waals surface area (Å²) < 4.78 is 31.8. The minimum atomic E-state index is -3.70. The summed E-state index contributed by atoms with van der Waals surface area (Å²) in [6, 6.07) is 7.01. The van der Waals surface area contributed by atoms with Gasteiger partial charge in [-0.3, -0.25) is 0 Å². The minimum Gasteiger partial charge on any atom is -0.423 e. The Balaban J connectivity index is 1.87. The summed E-state index contributed by atoms with van der Waals surface area (Å²) in [5.41, 5.74) is -1.07. The van der Waals surface area contributed by atoms with Crippen LogP contribution in [0.5, 0.6) is 0 Å². The van der Waals surface area contributed by atoms with Gasteiger partial charge >= 0.3 is 5.63 Å². The van der Waals surface area contributed by atoms with Crippen molar-refractivity contribution in [3.05, 3.63) is 40.8 Å². The number of hydrogen-bond donors (Lipinski definition) is 2. The Morgan fingerprint density at radius 3 is 2.67 bits per heavy atom. The van der Waals surface area contributed by atoms with Gasteiger partial charge in [0.05, 0.1) is 10.5 Å². The molecule has 1 heterocycles. The summed E-state index contributed by atoms with van der Waals surface area (Å²) in [6.07, 6.45) is 2.13. The maximum absolute atomic E-state index is 12.2. The van der Waals surface area contributed by atoms with Gasteiger partial charge in [0, 0.05) is 18.0 Å². The number of nitrogens with one attached hydrogen (secondary N) is 1. The van der Waals surface area contributed by atoms with E-state index in [2.05, 4.69) is 4.72 Å². The average Bonchev–Trinajstić information content (AvgIpc) is 2.42. The number of fused-ring (bicyclic) bond motifs is 1. The van der Waals surface area contributed by atoms with Crippen molar-refractivity contribution in [3.8, 4) is 0 Å². The van der Waals surface area contributed by atoms with Gasteiger partial charge in [0.25, 0.3) is 0 Å². The predicted octanol–water partition coefficient (Wildman–Crippen LogP) is 0.986. The summed E-state index contributed by atoms with van der Waals surface area (Å²) in [5.74, 6) is 0. The molecule has 0 amide bonds. The van der Waals surface area contributed by atoms with E-state index in [9.17, 15) is 18.3 Å². The van der Waals surface area contributed by atoms with Crippen LogP contribution in [0.2, 0.25) is 0 Å². The Morgan fingerprint density at radius 1 is 1.24 bits per heavy atom. The molecule has 1 aliphatic rings. The molecule has 1 saturated carbocycles. The van der Waals surface area contributed by atoms with E-state index in [1.54, 1.807) is 0 Å². The molecule has 6 nitrogen and oxygen atoms in total. The van der Waals surface area contributed by atoms with Gasteiger partial charge in [-0.1, -0.05) is 0 Å². The second-order valence-corrected chi connectivity index (χ2v) is 7.12. The summed E-state index contributed by atoms with van der Waals surface area (Å²) in [7, 11) is -3.70. The van der Waals surface area contributed by atoms with Crippen LogP contribution in [0.3, 0.4) is 0 Å². The van der Waals surface area contributed by atoms with Crippen LogP contribution in [0.4, 0.5) is 0 Å². The molecular formula is C14H15NO5S. The van der Waals surface area contributed by atoms with Crippen LogP contribution in [0, 0.1) is 0 Å². The number of aliphatic hydroxyl groups is 1. The monoisotopic (exact) mass is 309 g/mol. The SMILES string of the molecule is O=c1ccc2cc(S(=O)(=O)NCC3(O)CCC3)ccc2o1. The molecular weight excluding hydrogens is 294 g/mol. The van der Waals surface area contributed by atoms with Gasteiger partial charge < -0.3 is 9.52 Å². The molecule has 0 saturated heterocycles. The maximum atomic E-state index is 12.2. The predicted molar refractivity (Wildman–Crippen MR) is 76.5 cm³/mol. The van der Waals surface area contributed by atoms with E-state index < -0.39 is 21.2 Å². The molecule has 2 N–H and O–H groups in total. The van der Waals surface area contributed by atoms with Crippen molar-refractivity contribution in [1.82, 2.24) is 4.72 Å². The molecule has 0 aliphatic heterocycles. The molecule has 0 radical (unpaired) electrons. The van der Waals surface area contributed by atoms with E-state index in [1.807, 2.05) is 0 Å². The third kappa shape index (κ3) is 2.85. The number of hydrogen-bond acceptors (Lipinski definition) is 5. The number of rotatable bonds is 4. The first-order valence-corrected chi connectivity index (χ1v) is 8.12. The van der Waals surface area contributed by atoms with E-state index in [4.69, 9.17) is 4.42 Å². The fourth-order valence-corrected chi connectivity index (χ4v) is 3.45. The van der Waals surface area contributed by atoms with Gasteiger partial charge in [0.15, 0.2) is 0 Å². The van der Waals surface area contributed by atoms with Crippen LogP contribution in [-0.4, -0.2) is 25.7 Å². The number of benzene rings is 1.